The van der Waals surface area contributed by atoms with E-state index in [0.717, 1.165) is 12.8 Å². The Morgan fingerprint density at radius 1 is 1.26 bits per heavy atom. The predicted octanol–water partition coefficient (Wildman–Crippen LogP) is 4.61. The lowest BCUT2D eigenvalue weighted by Gasteiger charge is -2.21. The number of hydrogen-bond acceptors (Lipinski definition) is 2. The largest absolute Gasteiger partial charge is 0.465 e. The highest BCUT2D eigenvalue weighted by Gasteiger charge is 2.31. The van der Waals surface area contributed by atoms with E-state index in [1.165, 1.54) is 11.1 Å². The maximum Gasteiger partial charge on any atom is 0.247 e. The summed E-state index contributed by atoms with van der Waals surface area (Å²) in [5, 5.41) is 0. The van der Waals surface area contributed by atoms with E-state index in [4.69, 9.17) is 4.42 Å². The molecule has 1 heterocycles. The highest BCUT2D eigenvalue weighted by Crippen LogP contribution is 2.29. The number of nitrogens with zero attached hydrogens (tertiary/aromatic N) is 1. The lowest BCUT2D eigenvalue weighted by molar-refractivity contribution is -0.127. The van der Waals surface area contributed by atoms with Gasteiger partial charge in [-0.05, 0) is 48.1 Å². The van der Waals surface area contributed by atoms with Gasteiger partial charge in [0.05, 0.1) is 6.26 Å². The summed E-state index contributed by atoms with van der Waals surface area (Å²) in [7, 11) is 0. The third kappa shape index (κ3) is 4.13. The van der Waals surface area contributed by atoms with E-state index in [9.17, 15) is 4.79 Å². The van der Waals surface area contributed by atoms with Crippen molar-refractivity contribution in [2.24, 2.45) is 0 Å². The van der Waals surface area contributed by atoms with Crippen LogP contribution in [0.2, 0.25) is 0 Å². The number of amides is 1. The average Bonchev–Trinajstić information content (AvgIpc) is 3.26. The summed E-state index contributed by atoms with van der Waals surface area (Å²) in [6.07, 6.45) is 7.16. The molecule has 1 fully saturated rings. The highest BCUT2D eigenvalue weighted by molar-refractivity contribution is 5.91. The second kappa shape index (κ2) is 6.86. The van der Waals surface area contributed by atoms with Gasteiger partial charge in [0.1, 0.15) is 5.76 Å². The van der Waals surface area contributed by atoms with E-state index in [-0.39, 0.29) is 5.91 Å². The number of hydrogen-bond donors (Lipinski definition) is 0. The van der Waals surface area contributed by atoms with Gasteiger partial charge in [0, 0.05) is 18.7 Å². The highest BCUT2D eigenvalue weighted by atomic mass is 16.3. The molecule has 1 amide bonds. The molecule has 0 bridgehead atoms. The van der Waals surface area contributed by atoms with Gasteiger partial charge in [-0.3, -0.25) is 4.79 Å². The number of benzene rings is 1. The van der Waals surface area contributed by atoms with Gasteiger partial charge < -0.3 is 9.32 Å². The van der Waals surface area contributed by atoms with Crippen molar-refractivity contribution in [1.82, 2.24) is 4.90 Å². The third-order valence-corrected chi connectivity index (χ3v) is 4.20. The Kier molecular flexibility index (Phi) is 4.65. The summed E-state index contributed by atoms with van der Waals surface area (Å²) in [6, 6.07) is 12.6. The van der Waals surface area contributed by atoms with Crippen molar-refractivity contribution in [2.75, 3.05) is 0 Å². The van der Waals surface area contributed by atoms with Crippen molar-refractivity contribution < 1.29 is 9.21 Å². The van der Waals surface area contributed by atoms with Gasteiger partial charge in [-0.2, -0.15) is 0 Å². The van der Waals surface area contributed by atoms with Gasteiger partial charge >= 0.3 is 0 Å². The first kappa shape index (κ1) is 15.6. The van der Waals surface area contributed by atoms with Gasteiger partial charge in [-0.1, -0.05) is 38.1 Å². The lowest BCUT2D eigenvalue weighted by Crippen LogP contribution is -2.31. The molecule has 3 heteroatoms. The topological polar surface area (TPSA) is 33.5 Å². The van der Waals surface area contributed by atoms with Crippen LogP contribution in [0, 0.1) is 0 Å². The average molecular weight is 309 g/mol. The molecule has 0 N–H and O–H groups in total. The smallest absolute Gasteiger partial charge is 0.247 e. The van der Waals surface area contributed by atoms with E-state index in [1.54, 1.807) is 18.4 Å². The van der Waals surface area contributed by atoms with Crippen LogP contribution in [0.1, 0.15) is 49.5 Å². The van der Waals surface area contributed by atoms with Crippen LogP contribution in [-0.4, -0.2) is 16.8 Å². The van der Waals surface area contributed by atoms with Crippen LogP contribution in [0.15, 0.2) is 53.2 Å². The Hall–Kier alpha value is -2.29. The van der Waals surface area contributed by atoms with Crippen LogP contribution in [0.5, 0.6) is 0 Å². The standard InChI is InChI=1S/C20H23NO2/c1-15(2)17-7-5-16(6-8-17)14-21(18-9-10-18)20(22)12-11-19-4-3-13-23-19/h3-8,11-13,15,18H,9-10,14H2,1-2H3/b12-11+. The Balaban J connectivity index is 1.68. The normalized spacial score (nSPS) is 14.6. The molecule has 0 radical (unpaired) electrons. The monoisotopic (exact) mass is 309 g/mol. The molecule has 1 aliphatic rings. The maximum atomic E-state index is 12.5. The minimum atomic E-state index is 0.0526. The van der Waals surface area contributed by atoms with Gasteiger partial charge in [0.25, 0.3) is 0 Å². The second-order valence-corrected chi connectivity index (χ2v) is 6.44. The van der Waals surface area contributed by atoms with Gasteiger partial charge in [0.15, 0.2) is 0 Å². The zero-order valence-corrected chi connectivity index (χ0v) is 13.7. The van der Waals surface area contributed by atoms with Crippen molar-refractivity contribution in [1.29, 1.82) is 0 Å². The first-order valence-corrected chi connectivity index (χ1v) is 8.24. The van der Waals surface area contributed by atoms with E-state index in [2.05, 4.69) is 38.1 Å². The molecule has 0 atom stereocenters. The fourth-order valence-electron chi connectivity index (χ4n) is 2.61. The van der Waals surface area contributed by atoms with Crippen LogP contribution in [-0.2, 0) is 11.3 Å². The summed E-state index contributed by atoms with van der Waals surface area (Å²) in [4.78, 5) is 14.5. The second-order valence-electron chi connectivity index (χ2n) is 6.44. The minimum absolute atomic E-state index is 0.0526. The maximum absolute atomic E-state index is 12.5. The van der Waals surface area contributed by atoms with Crippen molar-refractivity contribution in [3.63, 3.8) is 0 Å². The molecule has 1 saturated carbocycles. The first-order chi connectivity index (χ1) is 11.1. The quantitative estimate of drug-likeness (QED) is 0.730. The number of carbonyl (C=O) groups is 1. The minimum Gasteiger partial charge on any atom is -0.465 e. The van der Waals surface area contributed by atoms with Crippen molar-refractivity contribution in [3.8, 4) is 0 Å². The van der Waals surface area contributed by atoms with E-state index < -0.39 is 0 Å². The SMILES string of the molecule is CC(C)c1ccc(CN(C(=O)/C=C/c2ccco2)C2CC2)cc1. The number of rotatable bonds is 6. The Morgan fingerprint density at radius 2 is 2.00 bits per heavy atom. The number of carbonyl (C=O) groups excluding carboxylic acids is 1. The molecule has 0 unspecified atom stereocenters. The summed E-state index contributed by atoms with van der Waals surface area (Å²) in [5.74, 6) is 1.29. The van der Waals surface area contributed by atoms with Crippen LogP contribution >= 0.6 is 0 Å². The molecule has 0 aliphatic heterocycles. The van der Waals surface area contributed by atoms with E-state index >= 15 is 0 Å². The molecule has 3 rings (SSSR count). The Morgan fingerprint density at radius 3 is 2.57 bits per heavy atom. The fourth-order valence-corrected chi connectivity index (χ4v) is 2.61. The molecule has 0 spiro atoms. The van der Waals surface area contributed by atoms with Crippen LogP contribution in [0.3, 0.4) is 0 Å². The molecular formula is C20H23NO2. The molecule has 23 heavy (non-hydrogen) atoms. The van der Waals surface area contributed by atoms with Crippen molar-refractivity contribution in [2.45, 2.75) is 45.2 Å². The third-order valence-electron chi connectivity index (χ3n) is 4.20. The summed E-state index contributed by atoms with van der Waals surface area (Å²) in [6.45, 7) is 5.05. The molecule has 3 nitrogen and oxygen atoms in total. The molecule has 1 aliphatic carbocycles. The zero-order valence-electron chi connectivity index (χ0n) is 13.7. The van der Waals surface area contributed by atoms with Crippen LogP contribution < -0.4 is 0 Å². The summed E-state index contributed by atoms with van der Waals surface area (Å²) < 4.78 is 5.24. The Bertz CT molecular complexity index is 664. The fraction of sp³-hybridized carbons (Fsp3) is 0.350. The van der Waals surface area contributed by atoms with Crippen LogP contribution in [0.25, 0.3) is 6.08 Å². The van der Waals surface area contributed by atoms with Crippen molar-refractivity contribution in [3.05, 3.63) is 65.6 Å². The molecule has 1 aromatic heterocycles. The van der Waals surface area contributed by atoms with E-state index in [0.29, 0.717) is 24.3 Å². The molecule has 0 saturated heterocycles. The van der Waals surface area contributed by atoms with Crippen LogP contribution in [0.4, 0.5) is 0 Å². The molecule has 1 aromatic carbocycles. The summed E-state index contributed by atoms with van der Waals surface area (Å²) in [5.41, 5.74) is 2.51. The molecule has 2 aromatic rings. The van der Waals surface area contributed by atoms with Crippen molar-refractivity contribution >= 4 is 12.0 Å². The van der Waals surface area contributed by atoms with Gasteiger partial charge in [-0.15, -0.1) is 0 Å². The zero-order chi connectivity index (χ0) is 16.2. The lowest BCUT2D eigenvalue weighted by atomic mass is 10.0. The predicted molar refractivity (Wildman–Crippen MR) is 91.8 cm³/mol. The Labute approximate surface area is 137 Å². The van der Waals surface area contributed by atoms with Gasteiger partial charge in [-0.25, -0.2) is 0 Å². The van der Waals surface area contributed by atoms with E-state index in [1.807, 2.05) is 17.0 Å². The molecule has 120 valence electrons. The molecular weight excluding hydrogens is 286 g/mol. The summed E-state index contributed by atoms with van der Waals surface area (Å²) >= 11 is 0. The number of furan rings is 1. The first-order valence-electron chi connectivity index (χ1n) is 8.24. The van der Waals surface area contributed by atoms with Gasteiger partial charge in [0.2, 0.25) is 5.91 Å².